The second-order valence-corrected chi connectivity index (χ2v) is 6.38. The second kappa shape index (κ2) is 7.48. The minimum absolute atomic E-state index is 0.137. The van der Waals surface area contributed by atoms with Gasteiger partial charge in [0, 0.05) is 11.6 Å². The fraction of sp³-hybridized carbons (Fsp3) is 0.0435. The smallest absolute Gasteiger partial charge is 0.344 e. The third-order valence-corrected chi connectivity index (χ3v) is 4.28. The van der Waals surface area contributed by atoms with E-state index in [4.69, 9.17) is 4.74 Å². The Balaban J connectivity index is 1.75. The van der Waals surface area contributed by atoms with Gasteiger partial charge in [-0.3, -0.25) is 0 Å². The van der Waals surface area contributed by atoms with Gasteiger partial charge in [0.15, 0.2) is 0 Å². The molecular weight excluding hydrogens is 355 g/mol. The molecule has 0 aliphatic heterocycles. The number of hydrogen-bond donors (Lipinski definition) is 0. The topological polar surface area (TPSA) is 44.1 Å². The molecule has 0 amide bonds. The lowest BCUT2D eigenvalue weighted by molar-refractivity contribution is 0.0722. The summed E-state index contributed by atoms with van der Waals surface area (Å²) < 4.78 is 20.6. The molecule has 0 aliphatic carbocycles. The van der Waals surface area contributed by atoms with Crippen molar-refractivity contribution in [2.45, 2.75) is 6.92 Å². The number of carbonyl (C=O) groups is 1. The number of benzene rings is 3. The van der Waals surface area contributed by atoms with Crippen LogP contribution in [0.25, 0.3) is 16.9 Å². The maximum Gasteiger partial charge on any atom is 0.344 e. The van der Waals surface area contributed by atoms with Crippen LogP contribution in [0, 0.1) is 12.7 Å². The SMILES string of the molecule is Cc1ccc(-n2nc(-c3ccccc3)cc2OC(=O)c2cccc(F)c2)cc1. The predicted octanol–water partition coefficient (Wildman–Crippen LogP) is 5.21. The molecule has 0 atom stereocenters. The van der Waals surface area contributed by atoms with Crippen LogP contribution in [0.15, 0.2) is 84.9 Å². The van der Waals surface area contributed by atoms with Crippen LogP contribution in [0.3, 0.4) is 0 Å². The largest absolute Gasteiger partial charge is 0.404 e. The Morgan fingerprint density at radius 3 is 2.39 bits per heavy atom. The number of nitrogens with zero attached hydrogens (tertiary/aromatic N) is 2. The summed E-state index contributed by atoms with van der Waals surface area (Å²) in [7, 11) is 0. The summed E-state index contributed by atoms with van der Waals surface area (Å²) >= 11 is 0. The van der Waals surface area contributed by atoms with Gasteiger partial charge in [0.1, 0.15) is 5.82 Å². The summed E-state index contributed by atoms with van der Waals surface area (Å²) in [6.07, 6.45) is 0. The second-order valence-electron chi connectivity index (χ2n) is 6.38. The molecule has 28 heavy (non-hydrogen) atoms. The van der Waals surface area contributed by atoms with E-state index in [1.54, 1.807) is 10.7 Å². The van der Waals surface area contributed by atoms with Crippen molar-refractivity contribution < 1.29 is 13.9 Å². The molecule has 0 fully saturated rings. The van der Waals surface area contributed by atoms with Crippen molar-refractivity contribution >= 4 is 5.97 Å². The quantitative estimate of drug-likeness (QED) is 0.462. The number of rotatable bonds is 4. The van der Waals surface area contributed by atoms with Crippen molar-refractivity contribution in [3.05, 3.63) is 102 Å². The van der Waals surface area contributed by atoms with Crippen molar-refractivity contribution in [3.63, 3.8) is 0 Å². The van der Waals surface area contributed by atoms with Gasteiger partial charge in [-0.15, -0.1) is 0 Å². The van der Waals surface area contributed by atoms with Crippen molar-refractivity contribution in [1.82, 2.24) is 9.78 Å². The molecule has 3 aromatic carbocycles. The fourth-order valence-corrected chi connectivity index (χ4v) is 2.83. The Hall–Kier alpha value is -3.73. The summed E-state index contributed by atoms with van der Waals surface area (Å²) in [5.41, 5.74) is 3.57. The third kappa shape index (κ3) is 3.69. The average Bonchev–Trinajstić information content (AvgIpc) is 3.13. The van der Waals surface area contributed by atoms with Gasteiger partial charge in [-0.2, -0.15) is 5.10 Å². The first-order chi connectivity index (χ1) is 13.6. The molecule has 0 radical (unpaired) electrons. The Kier molecular flexibility index (Phi) is 4.72. The van der Waals surface area contributed by atoms with Gasteiger partial charge in [0.2, 0.25) is 5.88 Å². The number of aryl methyl sites for hydroxylation is 1. The predicted molar refractivity (Wildman–Crippen MR) is 105 cm³/mol. The molecule has 1 aromatic heterocycles. The van der Waals surface area contributed by atoms with Gasteiger partial charge in [-0.25, -0.2) is 13.9 Å². The molecule has 0 N–H and O–H groups in total. The maximum atomic E-state index is 13.4. The van der Waals surface area contributed by atoms with Gasteiger partial charge in [-0.05, 0) is 37.3 Å². The lowest BCUT2D eigenvalue weighted by atomic mass is 10.2. The van der Waals surface area contributed by atoms with E-state index >= 15 is 0 Å². The summed E-state index contributed by atoms with van der Waals surface area (Å²) in [5.74, 6) is -0.879. The summed E-state index contributed by atoms with van der Waals surface area (Å²) in [6.45, 7) is 1.99. The first kappa shape index (κ1) is 17.7. The van der Waals surface area contributed by atoms with Gasteiger partial charge < -0.3 is 4.74 Å². The maximum absolute atomic E-state index is 13.4. The van der Waals surface area contributed by atoms with Crippen LogP contribution in [-0.4, -0.2) is 15.7 Å². The summed E-state index contributed by atoms with van der Waals surface area (Å²) in [5, 5.41) is 4.61. The molecule has 0 saturated heterocycles. The normalized spacial score (nSPS) is 10.6. The number of aromatic nitrogens is 2. The van der Waals surface area contributed by atoms with Crippen molar-refractivity contribution in [2.24, 2.45) is 0 Å². The Morgan fingerprint density at radius 2 is 1.68 bits per heavy atom. The molecular formula is C23H17FN2O2. The van der Waals surface area contributed by atoms with E-state index in [0.717, 1.165) is 22.9 Å². The molecule has 4 nitrogen and oxygen atoms in total. The van der Waals surface area contributed by atoms with Crippen LogP contribution in [0.4, 0.5) is 4.39 Å². The Morgan fingerprint density at radius 1 is 0.929 bits per heavy atom. The van der Waals surface area contributed by atoms with Crippen LogP contribution < -0.4 is 4.74 Å². The van der Waals surface area contributed by atoms with Crippen molar-refractivity contribution in [1.29, 1.82) is 0 Å². The van der Waals surface area contributed by atoms with Crippen LogP contribution in [0.2, 0.25) is 0 Å². The molecule has 4 aromatic rings. The van der Waals surface area contributed by atoms with Gasteiger partial charge >= 0.3 is 5.97 Å². The third-order valence-electron chi connectivity index (χ3n) is 4.28. The van der Waals surface area contributed by atoms with Gasteiger partial charge in [0.25, 0.3) is 0 Å². The number of esters is 1. The van der Waals surface area contributed by atoms with E-state index in [1.807, 2.05) is 61.5 Å². The molecule has 0 bridgehead atoms. The van der Waals surface area contributed by atoms with Crippen molar-refractivity contribution in [2.75, 3.05) is 0 Å². The number of hydrogen-bond acceptors (Lipinski definition) is 3. The average molecular weight is 372 g/mol. The van der Waals surface area contributed by atoms with E-state index in [2.05, 4.69) is 5.10 Å². The Bertz CT molecular complexity index is 1120. The summed E-state index contributed by atoms with van der Waals surface area (Å²) in [6, 6.07) is 24.4. The molecule has 4 rings (SSSR count). The van der Waals surface area contributed by atoms with Crippen molar-refractivity contribution in [3.8, 4) is 22.8 Å². The standard InChI is InChI=1S/C23H17FN2O2/c1-16-10-12-20(13-11-16)26-22(15-21(25-26)17-6-3-2-4-7-17)28-23(27)18-8-5-9-19(24)14-18/h2-15H,1H3. The first-order valence-electron chi connectivity index (χ1n) is 8.80. The molecule has 138 valence electrons. The monoisotopic (exact) mass is 372 g/mol. The zero-order valence-electron chi connectivity index (χ0n) is 15.2. The minimum atomic E-state index is -0.646. The molecule has 0 spiro atoms. The highest BCUT2D eigenvalue weighted by Gasteiger charge is 2.17. The van der Waals surface area contributed by atoms with E-state index in [9.17, 15) is 9.18 Å². The van der Waals surface area contributed by atoms with E-state index in [-0.39, 0.29) is 11.4 Å². The van der Waals surface area contributed by atoms with Crippen LogP contribution in [-0.2, 0) is 0 Å². The Labute approximate surface area is 161 Å². The van der Waals surface area contributed by atoms with E-state index in [0.29, 0.717) is 5.69 Å². The zero-order chi connectivity index (χ0) is 19.5. The first-order valence-corrected chi connectivity index (χ1v) is 8.80. The highest BCUT2D eigenvalue weighted by Crippen LogP contribution is 2.27. The lowest BCUT2D eigenvalue weighted by Gasteiger charge is -2.08. The molecule has 5 heteroatoms. The number of ether oxygens (including phenoxy) is 1. The molecule has 0 aliphatic rings. The molecule has 0 unspecified atom stereocenters. The molecule has 0 saturated carbocycles. The van der Waals surface area contributed by atoms with Crippen LogP contribution >= 0.6 is 0 Å². The highest BCUT2D eigenvalue weighted by molar-refractivity contribution is 5.91. The van der Waals surface area contributed by atoms with Crippen LogP contribution in [0.1, 0.15) is 15.9 Å². The van der Waals surface area contributed by atoms with Gasteiger partial charge in [0.05, 0.1) is 16.9 Å². The lowest BCUT2D eigenvalue weighted by Crippen LogP contribution is -2.12. The van der Waals surface area contributed by atoms with Crippen LogP contribution in [0.5, 0.6) is 5.88 Å². The number of halogens is 1. The minimum Gasteiger partial charge on any atom is -0.404 e. The van der Waals surface area contributed by atoms with E-state index < -0.39 is 11.8 Å². The van der Waals surface area contributed by atoms with Gasteiger partial charge in [-0.1, -0.05) is 54.1 Å². The highest BCUT2D eigenvalue weighted by atomic mass is 19.1. The number of carbonyl (C=O) groups excluding carboxylic acids is 1. The fourth-order valence-electron chi connectivity index (χ4n) is 2.83. The summed E-state index contributed by atoms with van der Waals surface area (Å²) in [4.78, 5) is 12.5. The zero-order valence-corrected chi connectivity index (χ0v) is 15.2. The van der Waals surface area contributed by atoms with E-state index in [1.165, 1.54) is 18.2 Å². The molecule has 1 heterocycles.